The lowest BCUT2D eigenvalue weighted by Crippen LogP contribution is -2.43. The van der Waals surface area contributed by atoms with Crippen LogP contribution in [-0.2, 0) is 4.79 Å². The van der Waals surface area contributed by atoms with E-state index in [1.165, 1.54) is 0 Å². The molecule has 0 aliphatic rings. The van der Waals surface area contributed by atoms with Crippen molar-refractivity contribution in [2.45, 2.75) is 71.4 Å². The first-order chi connectivity index (χ1) is 10.8. The van der Waals surface area contributed by atoms with Crippen LogP contribution < -0.4 is 10.6 Å². The van der Waals surface area contributed by atoms with Crippen molar-refractivity contribution in [2.75, 3.05) is 11.9 Å². The predicted molar refractivity (Wildman–Crippen MR) is 96.8 cm³/mol. The Hall–Kier alpha value is -1.39. The number of nitrogens with one attached hydrogen (secondary N) is 2. The van der Waals surface area contributed by atoms with Gasteiger partial charge >= 0.3 is 0 Å². The van der Waals surface area contributed by atoms with Gasteiger partial charge in [-0.05, 0) is 37.3 Å². The molecule has 0 fully saturated rings. The molecule has 4 nitrogen and oxygen atoms in total. The van der Waals surface area contributed by atoms with Gasteiger partial charge in [-0.15, -0.1) is 0 Å². The van der Waals surface area contributed by atoms with E-state index in [9.17, 15) is 9.90 Å². The molecule has 1 unspecified atom stereocenters. The second-order valence-corrected chi connectivity index (χ2v) is 6.71. The van der Waals surface area contributed by atoms with Crippen LogP contribution in [-0.4, -0.2) is 29.2 Å². The van der Waals surface area contributed by atoms with E-state index < -0.39 is 5.60 Å². The standard InChI is InChI=1S/C19H32N2O2/c1-6-19(23,7-2)13-20-15(5)12-18(22)21-17-11-9-8-10-16(17)14(3)4/h8-11,14-15,20,23H,6-7,12-13H2,1-5H3,(H,21,22). The van der Waals surface area contributed by atoms with Gasteiger partial charge in [0.1, 0.15) is 0 Å². The van der Waals surface area contributed by atoms with Crippen molar-refractivity contribution < 1.29 is 9.90 Å². The van der Waals surface area contributed by atoms with Gasteiger partial charge in [-0.3, -0.25) is 4.79 Å². The average molecular weight is 320 g/mol. The van der Waals surface area contributed by atoms with Crippen LogP contribution in [0.2, 0.25) is 0 Å². The van der Waals surface area contributed by atoms with Crippen LogP contribution >= 0.6 is 0 Å². The second-order valence-electron chi connectivity index (χ2n) is 6.71. The van der Waals surface area contributed by atoms with E-state index in [1.54, 1.807) is 0 Å². The van der Waals surface area contributed by atoms with Crippen LogP contribution in [0.15, 0.2) is 24.3 Å². The Bertz CT molecular complexity index is 496. The highest BCUT2D eigenvalue weighted by molar-refractivity contribution is 5.91. The summed E-state index contributed by atoms with van der Waals surface area (Å²) in [5.74, 6) is 0.362. The number of carbonyl (C=O) groups excluding carboxylic acids is 1. The lowest BCUT2D eigenvalue weighted by molar-refractivity contribution is -0.116. The molecule has 130 valence electrons. The summed E-state index contributed by atoms with van der Waals surface area (Å²) < 4.78 is 0. The van der Waals surface area contributed by atoms with Gasteiger partial charge in [0, 0.05) is 24.7 Å². The van der Waals surface area contributed by atoms with Crippen molar-refractivity contribution in [1.82, 2.24) is 5.32 Å². The smallest absolute Gasteiger partial charge is 0.225 e. The van der Waals surface area contributed by atoms with E-state index in [0.717, 1.165) is 11.3 Å². The molecule has 0 heterocycles. The van der Waals surface area contributed by atoms with Crippen molar-refractivity contribution in [2.24, 2.45) is 0 Å². The minimum atomic E-state index is -0.686. The summed E-state index contributed by atoms with van der Waals surface area (Å²) in [7, 11) is 0. The molecule has 0 aliphatic heterocycles. The quantitative estimate of drug-likeness (QED) is 0.650. The van der Waals surface area contributed by atoms with Crippen molar-refractivity contribution >= 4 is 11.6 Å². The van der Waals surface area contributed by atoms with E-state index in [4.69, 9.17) is 0 Å². The fraction of sp³-hybridized carbons (Fsp3) is 0.632. The summed E-state index contributed by atoms with van der Waals surface area (Å²) in [6.07, 6.45) is 1.80. The van der Waals surface area contributed by atoms with Crippen LogP contribution in [0, 0.1) is 0 Å². The van der Waals surface area contributed by atoms with Crippen molar-refractivity contribution in [3.8, 4) is 0 Å². The van der Waals surface area contributed by atoms with Gasteiger partial charge in [-0.2, -0.15) is 0 Å². The zero-order valence-corrected chi connectivity index (χ0v) is 15.1. The molecule has 1 rings (SSSR count). The molecule has 0 aliphatic carbocycles. The number of benzene rings is 1. The number of para-hydroxylation sites is 1. The normalized spacial score (nSPS) is 13.2. The van der Waals surface area contributed by atoms with E-state index in [0.29, 0.717) is 31.7 Å². The van der Waals surface area contributed by atoms with Crippen LogP contribution in [0.25, 0.3) is 0 Å². The maximum Gasteiger partial charge on any atom is 0.225 e. The summed E-state index contributed by atoms with van der Waals surface area (Å²) in [4.78, 5) is 12.2. The Labute approximate surface area is 140 Å². The SMILES string of the molecule is CCC(O)(CC)CNC(C)CC(=O)Nc1ccccc1C(C)C. The highest BCUT2D eigenvalue weighted by Gasteiger charge is 2.23. The van der Waals surface area contributed by atoms with Gasteiger partial charge in [0.2, 0.25) is 5.91 Å². The van der Waals surface area contributed by atoms with E-state index in [-0.39, 0.29) is 11.9 Å². The van der Waals surface area contributed by atoms with Crippen LogP contribution in [0.4, 0.5) is 5.69 Å². The number of rotatable bonds is 9. The molecule has 0 spiro atoms. The van der Waals surface area contributed by atoms with Gasteiger partial charge in [-0.1, -0.05) is 45.9 Å². The van der Waals surface area contributed by atoms with Gasteiger partial charge in [0.25, 0.3) is 0 Å². The summed E-state index contributed by atoms with van der Waals surface area (Å²) in [6.45, 7) is 10.7. The van der Waals surface area contributed by atoms with Gasteiger partial charge in [0.15, 0.2) is 0 Å². The number of hydrogen-bond acceptors (Lipinski definition) is 3. The Morgan fingerprint density at radius 3 is 2.35 bits per heavy atom. The summed E-state index contributed by atoms with van der Waals surface area (Å²) >= 11 is 0. The maximum absolute atomic E-state index is 12.2. The molecule has 23 heavy (non-hydrogen) atoms. The summed E-state index contributed by atoms with van der Waals surface area (Å²) in [5.41, 5.74) is 1.35. The molecule has 0 radical (unpaired) electrons. The Balaban J connectivity index is 2.54. The highest BCUT2D eigenvalue weighted by atomic mass is 16.3. The summed E-state index contributed by atoms with van der Waals surface area (Å²) in [6, 6.07) is 7.94. The molecule has 1 aromatic carbocycles. The molecular weight excluding hydrogens is 288 g/mol. The zero-order valence-electron chi connectivity index (χ0n) is 15.1. The molecule has 0 aromatic heterocycles. The largest absolute Gasteiger partial charge is 0.389 e. The molecule has 4 heteroatoms. The first-order valence-corrected chi connectivity index (χ1v) is 8.65. The molecule has 0 bridgehead atoms. The first kappa shape index (κ1) is 19.7. The van der Waals surface area contributed by atoms with Gasteiger partial charge in [-0.25, -0.2) is 0 Å². The average Bonchev–Trinajstić information content (AvgIpc) is 2.52. The Morgan fingerprint density at radius 2 is 1.78 bits per heavy atom. The molecular formula is C19H32N2O2. The Kier molecular flexibility index (Phi) is 7.73. The van der Waals surface area contributed by atoms with Gasteiger partial charge in [0.05, 0.1) is 5.60 Å². The van der Waals surface area contributed by atoms with E-state index in [2.05, 4.69) is 24.5 Å². The number of anilines is 1. The minimum Gasteiger partial charge on any atom is -0.389 e. The number of hydrogen-bond donors (Lipinski definition) is 3. The monoisotopic (exact) mass is 320 g/mol. The third-order valence-corrected chi connectivity index (χ3v) is 4.44. The van der Waals surface area contributed by atoms with Crippen LogP contribution in [0.5, 0.6) is 0 Å². The first-order valence-electron chi connectivity index (χ1n) is 8.65. The fourth-order valence-electron chi connectivity index (χ4n) is 2.53. The number of amides is 1. The molecule has 1 amide bonds. The second kappa shape index (κ2) is 9.04. The van der Waals surface area contributed by atoms with Gasteiger partial charge < -0.3 is 15.7 Å². The molecule has 1 atom stereocenters. The number of aliphatic hydroxyl groups is 1. The van der Waals surface area contributed by atoms with Crippen molar-refractivity contribution in [3.05, 3.63) is 29.8 Å². The molecule has 1 aromatic rings. The predicted octanol–water partition coefficient (Wildman–Crippen LogP) is 3.67. The lowest BCUT2D eigenvalue weighted by Gasteiger charge is -2.27. The maximum atomic E-state index is 12.2. The number of carbonyl (C=O) groups is 1. The van der Waals surface area contributed by atoms with Crippen LogP contribution in [0.3, 0.4) is 0 Å². The molecule has 0 saturated heterocycles. The fourth-order valence-corrected chi connectivity index (χ4v) is 2.53. The topological polar surface area (TPSA) is 61.4 Å². The minimum absolute atomic E-state index is 0.00497. The van der Waals surface area contributed by atoms with Crippen molar-refractivity contribution in [3.63, 3.8) is 0 Å². The summed E-state index contributed by atoms with van der Waals surface area (Å²) in [5, 5.41) is 16.6. The Morgan fingerprint density at radius 1 is 1.17 bits per heavy atom. The van der Waals surface area contributed by atoms with Crippen molar-refractivity contribution in [1.29, 1.82) is 0 Å². The molecule has 3 N–H and O–H groups in total. The van der Waals surface area contributed by atoms with Crippen LogP contribution in [0.1, 0.15) is 65.4 Å². The molecule has 0 saturated carbocycles. The van der Waals surface area contributed by atoms with E-state index in [1.807, 2.05) is 45.0 Å². The highest BCUT2D eigenvalue weighted by Crippen LogP contribution is 2.23. The zero-order chi connectivity index (χ0) is 17.5. The third-order valence-electron chi connectivity index (χ3n) is 4.44. The lowest BCUT2D eigenvalue weighted by atomic mass is 9.97. The van der Waals surface area contributed by atoms with E-state index >= 15 is 0 Å². The third kappa shape index (κ3) is 6.32.